The zero-order valence-corrected chi connectivity index (χ0v) is 18.2. The lowest BCUT2D eigenvalue weighted by atomic mass is 9.50. The molecule has 3 aliphatic rings. The van der Waals surface area contributed by atoms with Gasteiger partial charge in [-0.25, -0.2) is 0 Å². The third-order valence-electron chi connectivity index (χ3n) is 8.43. The van der Waals surface area contributed by atoms with Crippen LogP contribution in [-0.2, 0) is 9.53 Å². The third-order valence-corrected chi connectivity index (χ3v) is 8.98. The number of aliphatic hydroxyl groups excluding tert-OH is 1. The van der Waals surface area contributed by atoms with Gasteiger partial charge in [-0.05, 0) is 92.8 Å². The highest BCUT2D eigenvalue weighted by Crippen LogP contribution is 2.63. The van der Waals surface area contributed by atoms with Gasteiger partial charge in [0.15, 0.2) is 0 Å². The van der Waals surface area contributed by atoms with Crippen molar-refractivity contribution in [1.29, 1.82) is 0 Å². The summed E-state index contributed by atoms with van der Waals surface area (Å²) in [4.78, 5) is 12.5. The molecule has 150 valence electrons. The summed E-state index contributed by atoms with van der Waals surface area (Å²) in [6, 6.07) is 0. The first kappa shape index (κ1) is 20.8. The third kappa shape index (κ3) is 3.80. The minimum absolute atomic E-state index is 0.229. The molecule has 1 N–H and O–H groups in total. The molecule has 0 bridgehead atoms. The van der Waals surface area contributed by atoms with E-state index in [-0.39, 0.29) is 11.3 Å². The van der Waals surface area contributed by atoms with Gasteiger partial charge in [0, 0.05) is 26.2 Å². The van der Waals surface area contributed by atoms with Crippen LogP contribution in [0.15, 0.2) is 0 Å². The van der Waals surface area contributed by atoms with Gasteiger partial charge in [-0.2, -0.15) is 0 Å². The van der Waals surface area contributed by atoms with Crippen LogP contribution < -0.4 is 0 Å². The summed E-state index contributed by atoms with van der Waals surface area (Å²) in [6.07, 6.45) is 10.8. The van der Waals surface area contributed by atoms with E-state index in [4.69, 9.17) is 4.74 Å². The van der Waals surface area contributed by atoms with Crippen LogP contribution in [0.25, 0.3) is 0 Å². The second-order valence-electron chi connectivity index (χ2n) is 9.36. The predicted molar refractivity (Wildman–Crippen MR) is 108 cm³/mol. The first-order valence-electron chi connectivity index (χ1n) is 10.7. The number of methoxy groups -OCH3 is 1. The summed E-state index contributed by atoms with van der Waals surface area (Å²) < 4.78 is 5.38. The molecule has 0 heterocycles. The van der Waals surface area contributed by atoms with Gasteiger partial charge in [-0.1, -0.05) is 22.9 Å². The van der Waals surface area contributed by atoms with E-state index in [0.717, 1.165) is 49.0 Å². The molecule has 0 aliphatic heterocycles. The Morgan fingerprint density at radius 3 is 2.65 bits per heavy atom. The summed E-state index contributed by atoms with van der Waals surface area (Å²) >= 11 is 3.42. The number of ether oxygens (including phenoxy) is 1. The van der Waals surface area contributed by atoms with Gasteiger partial charge in [-0.15, -0.1) is 0 Å². The highest BCUT2D eigenvalue weighted by molar-refractivity contribution is 9.09. The van der Waals surface area contributed by atoms with Crippen molar-refractivity contribution in [3.63, 3.8) is 0 Å². The van der Waals surface area contributed by atoms with Crippen LogP contribution in [0, 0.1) is 40.9 Å². The number of hydrogen-bond donors (Lipinski definition) is 1. The molecule has 3 saturated carbocycles. The number of aliphatic hydroxyl groups is 1. The number of fused-ring (bicyclic) bond motifs is 3. The van der Waals surface area contributed by atoms with Crippen LogP contribution in [-0.4, -0.2) is 36.5 Å². The second-order valence-corrected chi connectivity index (χ2v) is 9.92. The fourth-order valence-corrected chi connectivity index (χ4v) is 7.65. The molecule has 0 saturated heterocycles. The van der Waals surface area contributed by atoms with E-state index in [0.29, 0.717) is 17.7 Å². The Kier molecular flexibility index (Phi) is 7.24. The quantitative estimate of drug-likeness (QED) is 0.562. The number of halogens is 1. The Balaban J connectivity index is 1.76. The summed E-state index contributed by atoms with van der Waals surface area (Å²) in [7, 11) is 1.81. The van der Waals surface area contributed by atoms with Crippen LogP contribution >= 0.6 is 15.9 Å². The van der Waals surface area contributed by atoms with Crippen molar-refractivity contribution in [2.24, 2.45) is 40.9 Å². The molecule has 7 atom stereocenters. The summed E-state index contributed by atoms with van der Waals surface area (Å²) in [5.41, 5.74) is 0.229. The minimum Gasteiger partial charge on any atom is -0.396 e. The average Bonchev–Trinajstić information content (AvgIpc) is 3.01. The molecule has 4 heteroatoms. The molecule has 3 fully saturated rings. The Labute approximate surface area is 167 Å². The maximum absolute atomic E-state index is 12.5. The van der Waals surface area contributed by atoms with Gasteiger partial charge < -0.3 is 9.84 Å². The SMILES string of the molecule is COCC[C@@H]1CC[C@@H]2[C@H](CC[C@]3(C)[C@@H](C(=O)CBr)CC[C@@H]23)[C@H]1CCCO. The highest BCUT2D eigenvalue weighted by atomic mass is 79.9. The summed E-state index contributed by atoms with van der Waals surface area (Å²) in [5, 5.41) is 9.92. The Morgan fingerprint density at radius 1 is 1.15 bits per heavy atom. The van der Waals surface area contributed by atoms with Crippen LogP contribution in [0.3, 0.4) is 0 Å². The van der Waals surface area contributed by atoms with Gasteiger partial charge >= 0.3 is 0 Å². The first-order chi connectivity index (χ1) is 12.6. The number of rotatable bonds is 8. The van der Waals surface area contributed by atoms with E-state index in [1.807, 2.05) is 0 Å². The standard InChI is InChI=1S/C22H37BrO3/c1-22-11-9-17-16(4-3-12-24)15(10-13-26-2)5-6-18(17)19(22)7-8-20(22)21(25)14-23/h15-20,24H,3-14H2,1-2H3/t15-,16-,17+,18+,19-,20+,22-/m0/s1. The van der Waals surface area contributed by atoms with Gasteiger partial charge in [0.1, 0.15) is 5.78 Å². The molecule has 0 radical (unpaired) electrons. The normalized spacial score (nSPS) is 42.3. The monoisotopic (exact) mass is 428 g/mol. The second kappa shape index (κ2) is 9.05. The number of alkyl halides is 1. The molecule has 3 aliphatic carbocycles. The van der Waals surface area contributed by atoms with Gasteiger partial charge in [0.25, 0.3) is 0 Å². The lowest BCUT2D eigenvalue weighted by molar-refractivity contribution is -0.127. The van der Waals surface area contributed by atoms with Crippen molar-refractivity contribution >= 4 is 21.7 Å². The Hall–Kier alpha value is 0.0700. The fourth-order valence-electron chi connectivity index (χ4n) is 7.26. The molecule has 0 aromatic carbocycles. The molecule has 0 spiro atoms. The van der Waals surface area contributed by atoms with E-state index in [9.17, 15) is 9.90 Å². The van der Waals surface area contributed by atoms with Crippen LogP contribution in [0.4, 0.5) is 0 Å². The van der Waals surface area contributed by atoms with Crippen LogP contribution in [0.1, 0.15) is 64.7 Å². The summed E-state index contributed by atoms with van der Waals surface area (Å²) in [5.74, 6) is 4.53. The van der Waals surface area contributed by atoms with E-state index in [1.165, 1.54) is 44.9 Å². The summed E-state index contributed by atoms with van der Waals surface area (Å²) in [6.45, 7) is 3.60. The maximum atomic E-state index is 12.5. The van der Waals surface area contributed by atoms with Gasteiger partial charge in [0.2, 0.25) is 0 Å². The average molecular weight is 429 g/mol. The van der Waals surface area contributed by atoms with Crippen molar-refractivity contribution < 1.29 is 14.6 Å². The molecule has 0 aromatic rings. The van der Waals surface area contributed by atoms with E-state index in [2.05, 4.69) is 22.9 Å². The van der Waals surface area contributed by atoms with E-state index < -0.39 is 0 Å². The predicted octanol–water partition coefficient (Wildman–Crippen LogP) is 4.84. The molecule has 0 unspecified atom stereocenters. The van der Waals surface area contributed by atoms with Crippen molar-refractivity contribution in [2.75, 3.05) is 25.7 Å². The first-order valence-corrected chi connectivity index (χ1v) is 11.9. The molecular weight excluding hydrogens is 392 g/mol. The van der Waals surface area contributed by atoms with E-state index in [1.54, 1.807) is 7.11 Å². The van der Waals surface area contributed by atoms with Crippen molar-refractivity contribution in [2.45, 2.75) is 64.7 Å². The molecular formula is C22H37BrO3. The lowest BCUT2D eigenvalue weighted by Crippen LogP contribution is -2.48. The molecule has 3 nitrogen and oxygen atoms in total. The largest absolute Gasteiger partial charge is 0.396 e. The molecule has 26 heavy (non-hydrogen) atoms. The van der Waals surface area contributed by atoms with Gasteiger partial charge in [-0.3, -0.25) is 4.79 Å². The van der Waals surface area contributed by atoms with Crippen molar-refractivity contribution in [3.05, 3.63) is 0 Å². The molecule has 3 rings (SSSR count). The fraction of sp³-hybridized carbons (Fsp3) is 0.955. The highest BCUT2D eigenvalue weighted by Gasteiger charge is 2.57. The maximum Gasteiger partial charge on any atom is 0.147 e. The smallest absolute Gasteiger partial charge is 0.147 e. The Morgan fingerprint density at radius 2 is 1.96 bits per heavy atom. The number of ketones is 1. The topological polar surface area (TPSA) is 46.5 Å². The number of carbonyl (C=O) groups excluding carboxylic acids is 1. The minimum atomic E-state index is 0.229. The van der Waals surface area contributed by atoms with Crippen LogP contribution in [0.2, 0.25) is 0 Å². The van der Waals surface area contributed by atoms with E-state index >= 15 is 0 Å². The number of hydrogen-bond acceptors (Lipinski definition) is 3. The van der Waals surface area contributed by atoms with Crippen molar-refractivity contribution in [1.82, 2.24) is 0 Å². The van der Waals surface area contributed by atoms with Crippen LogP contribution in [0.5, 0.6) is 0 Å². The lowest BCUT2D eigenvalue weighted by Gasteiger charge is -2.54. The zero-order chi connectivity index (χ0) is 18.7. The van der Waals surface area contributed by atoms with Crippen molar-refractivity contribution in [3.8, 4) is 0 Å². The number of Topliss-reactive ketones (excluding diaryl/α,β-unsaturated/α-hetero) is 1. The number of carbonyl (C=O) groups is 1. The molecule has 0 amide bonds. The Bertz CT molecular complexity index is 482. The van der Waals surface area contributed by atoms with Gasteiger partial charge in [0.05, 0.1) is 5.33 Å². The zero-order valence-electron chi connectivity index (χ0n) is 16.6. The molecule has 0 aromatic heterocycles.